The number of benzene rings is 3. The molecule has 3 rings (SSSR count). The maximum atomic E-state index is 9.56. The van der Waals surface area contributed by atoms with E-state index in [1.54, 1.807) is 6.92 Å². The fraction of sp³-hybridized carbons (Fsp3) is 0.333. The maximum Gasteiger partial charge on any atom is 0.135 e. The van der Waals surface area contributed by atoms with Crippen LogP contribution < -0.4 is 10.1 Å². The van der Waals surface area contributed by atoms with Gasteiger partial charge in [0.05, 0.1) is 25.4 Å². The first-order chi connectivity index (χ1) is 12.6. The van der Waals surface area contributed by atoms with Gasteiger partial charge in [0.25, 0.3) is 0 Å². The van der Waals surface area contributed by atoms with Gasteiger partial charge in [-0.1, -0.05) is 48.5 Å². The summed E-state index contributed by atoms with van der Waals surface area (Å²) in [4.78, 5) is 0. The summed E-state index contributed by atoms with van der Waals surface area (Å²) in [6.07, 6.45) is 0. The molecular formula is C21H25NO4. The lowest BCUT2D eigenvalue weighted by molar-refractivity contribution is 0.103. The van der Waals surface area contributed by atoms with Crippen LogP contribution in [-0.4, -0.2) is 47.3 Å². The van der Waals surface area contributed by atoms with Gasteiger partial charge in [0.15, 0.2) is 0 Å². The predicted octanol–water partition coefficient (Wildman–Crippen LogP) is 2.20. The minimum absolute atomic E-state index is 0.0443. The molecule has 0 aromatic heterocycles. The van der Waals surface area contributed by atoms with Gasteiger partial charge in [-0.3, -0.25) is 0 Å². The number of aliphatic hydroxyl groups is 3. The summed E-state index contributed by atoms with van der Waals surface area (Å²) < 4.78 is 5.87. The smallest absolute Gasteiger partial charge is 0.135 e. The van der Waals surface area contributed by atoms with Crippen LogP contribution in [-0.2, 0) is 6.54 Å². The first-order valence-corrected chi connectivity index (χ1v) is 8.76. The number of hydrogen-bond acceptors (Lipinski definition) is 5. The molecule has 5 nitrogen and oxygen atoms in total. The van der Waals surface area contributed by atoms with Crippen molar-refractivity contribution in [3.8, 4) is 5.75 Å². The second kappa shape index (κ2) is 8.01. The first kappa shape index (κ1) is 18.6. The molecule has 3 aromatic carbocycles. The summed E-state index contributed by atoms with van der Waals surface area (Å²) in [6.45, 7) is 2.17. The SMILES string of the molecule is CC(CO)(CO)NCc1c2ccccc2c(OCCO)c2ccccc12. The largest absolute Gasteiger partial charge is 0.490 e. The summed E-state index contributed by atoms with van der Waals surface area (Å²) in [7, 11) is 0. The van der Waals surface area contributed by atoms with Crippen molar-refractivity contribution >= 4 is 21.5 Å². The molecule has 0 heterocycles. The quantitative estimate of drug-likeness (QED) is 0.466. The predicted molar refractivity (Wildman–Crippen MR) is 103 cm³/mol. The Morgan fingerprint density at radius 3 is 1.81 bits per heavy atom. The highest BCUT2D eigenvalue weighted by Gasteiger charge is 2.23. The van der Waals surface area contributed by atoms with Gasteiger partial charge in [0, 0.05) is 17.3 Å². The van der Waals surface area contributed by atoms with Crippen molar-refractivity contribution in [2.75, 3.05) is 26.4 Å². The zero-order chi connectivity index (χ0) is 18.6. The van der Waals surface area contributed by atoms with Gasteiger partial charge in [0.1, 0.15) is 12.4 Å². The van der Waals surface area contributed by atoms with Gasteiger partial charge in [-0.15, -0.1) is 0 Å². The Kier molecular flexibility index (Phi) is 5.74. The van der Waals surface area contributed by atoms with E-state index in [-0.39, 0.29) is 26.4 Å². The molecule has 0 atom stereocenters. The van der Waals surface area contributed by atoms with Crippen molar-refractivity contribution in [2.45, 2.75) is 19.0 Å². The normalized spacial score (nSPS) is 12.0. The van der Waals surface area contributed by atoms with Gasteiger partial charge < -0.3 is 25.4 Å². The van der Waals surface area contributed by atoms with E-state index in [0.717, 1.165) is 32.9 Å². The minimum atomic E-state index is -0.756. The van der Waals surface area contributed by atoms with E-state index in [0.29, 0.717) is 6.54 Å². The molecule has 0 unspecified atom stereocenters. The lowest BCUT2D eigenvalue weighted by Crippen LogP contribution is -2.48. The molecule has 0 spiro atoms. The standard InChI is InChI=1S/C21H25NO4/c1-21(13-24,14-25)22-12-19-15-6-2-4-8-17(15)20(26-11-10-23)18-9-5-3-7-16(18)19/h2-9,22-25H,10-14H2,1H3. The molecule has 138 valence electrons. The fourth-order valence-corrected chi connectivity index (χ4v) is 3.14. The monoisotopic (exact) mass is 355 g/mol. The van der Waals surface area contributed by atoms with Crippen molar-refractivity contribution in [3.63, 3.8) is 0 Å². The fourth-order valence-electron chi connectivity index (χ4n) is 3.14. The number of rotatable bonds is 8. The van der Waals surface area contributed by atoms with Crippen LogP contribution >= 0.6 is 0 Å². The summed E-state index contributed by atoms with van der Waals surface area (Å²) in [5.74, 6) is 0.765. The summed E-state index contributed by atoms with van der Waals surface area (Å²) in [6, 6.07) is 16.0. The molecule has 3 aromatic rings. The van der Waals surface area contributed by atoms with Crippen LogP contribution in [0.3, 0.4) is 0 Å². The highest BCUT2D eigenvalue weighted by atomic mass is 16.5. The lowest BCUT2D eigenvalue weighted by Gasteiger charge is -2.27. The third-order valence-electron chi connectivity index (χ3n) is 4.72. The first-order valence-electron chi connectivity index (χ1n) is 8.76. The van der Waals surface area contributed by atoms with Crippen LogP contribution in [0.5, 0.6) is 5.75 Å². The number of aliphatic hydroxyl groups excluding tert-OH is 3. The average molecular weight is 355 g/mol. The molecular weight excluding hydrogens is 330 g/mol. The molecule has 26 heavy (non-hydrogen) atoms. The van der Waals surface area contributed by atoms with Crippen LogP contribution in [0.15, 0.2) is 48.5 Å². The van der Waals surface area contributed by atoms with E-state index in [1.165, 1.54) is 0 Å². The summed E-state index contributed by atoms with van der Waals surface area (Å²) in [5.41, 5.74) is 0.328. The molecule has 0 aliphatic rings. The van der Waals surface area contributed by atoms with Crippen molar-refractivity contribution in [1.29, 1.82) is 0 Å². The van der Waals surface area contributed by atoms with E-state index in [4.69, 9.17) is 4.74 Å². The number of hydrogen-bond donors (Lipinski definition) is 4. The Labute approximate surface area is 152 Å². The second-order valence-corrected chi connectivity index (χ2v) is 6.70. The summed E-state index contributed by atoms with van der Waals surface area (Å²) >= 11 is 0. The molecule has 0 aliphatic heterocycles. The highest BCUT2D eigenvalue weighted by Crippen LogP contribution is 2.38. The Balaban J connectivity index is 2.18. The van der Waals surface area contributed by atoms with E-state index in [9.17, 15) is 15.3 Å². The lowest BCUT2D eigenvalue weighted by atomic mass is 9.94. The molecule has 0 radical (unpaired) electrons. The zero-order valence-corrected chi connectivity index (χ0v) is 14.9. The van der Waals surface area contributed by atoms with Gasteiger partial charge in [-0.05, 0) is 23.3 Å². The van der Waals surface area contributed by atoms with Crippen LogP contribution in [0.4, 0.5) is 0 Å². The van der Waals surface area contributed by atoms with Crippen molar-refractivity contribution in [3.05, 3.63) is 54.1 Å². The maximum absolute atomic E-state index is 9.56. The van der Waals surface area contributed by atoms with Crippen LogP contribution in [0.25, 0.3) is 21.5 Å². The molecule has 0 saturated heterocycles. The molecule has 0 amide bonds. The molecule has 4 N–H and O–H groups in total. The topological polar surface area (TPSA) is 82.0 Å². The van der Waals surface area contributed by atoms with Gasteiger partial charge in [-0.2, -0.15) is 0 Å². The Morgan fingerprint density at radius 2 is 1.35 bits per heavy atom. The van der Waals surface area contributed by atoms with Crippen LogP contribution in [0.2, 0.25) is 0 Å². The Hall–Kier alpha value is -2.18. The third-order valence-corrected chi connectivity index (χ3v) is 4.72. The number of ether oxygens (including phenoxy) is 1. The van der Waals surface area contributed by atoms with Gasteiger partial charge >= 0.3 is 0 Å². The molecule has 0 fully saturated rings. The zero-order valence-electron chi connectivity index (χ0n) is 14.9. The Morgan fingerprint density at radius 1 is 0.846 bits per heavy atom. The summed E-state index contributed by atoms with van der Waals surface area (Å²) in [5, 5.41) is 35.6. The minimum Gasteiger partial charge on any atom is -0.490 e. The second-order valence-electron chi connectivity index (χ2n) is 6.70. The number of nitrogens with one attached hydrogen (secondary N) is 1. The molecule has 0 aliphatic carbocycles. The van der Waals surface area contributed by atoms with Crippen molar-refractivity contribution in [1.82, 2.24) is 5.32 Å². The van der Waals surface area contributed by atoms with Crippen LogP contribution in [0.1, 0.15) is 12.5 Å². The average Bonchev–Trinajstić information content (AvgIpc) is 2.70. The number of fused-ring (bicyclic) bond motifs is 2. The molecule has 0 bridgehead atoms. The molecule has 5 heteroatoms. The molecule has 0 saturated carbocycles. The Bertz CT molecular complexity index is 833. The van der Waals surface area contributed by atoms with Gasteiger partial charge in [-0.25, -0.2) is 0 Å². The van der Waals surface area contributed by atoms with E-state index in [2.05, 4.69) is 5.32 Å². The van der Waals surface area contributed by atoms with E-state index < -0.39 is 5.54 Å². The van der Waals surface area contributed by atoms with E-state index in [1.807, 2.05) is 48.5 Å². The van der Waals surface area contributed by atoms with E-state index >= 15 is 0 Å². The van der Waals surface area contributed by atoms with Crippen molar-refractivity contribution in [2.24, 2.45) is 0 Å². The van der Waals surface area contributed by atoms with Gasteiger partial charge in [0.2, 0.25) is 0 Å². The third kappa shape index (κ3) is 3.52. The van der Waals surface area contributed by atoms with Crippen LogP contribution in [0, 0.1) is 0 Å². The van der Waals surface area contributed by atoms with Crippen molar-refractivity contribution < 1.29 is 20.1 Å². The highest BCUT2D eigenvalue weighted by molar-refractivity contribution is 6.08.